The van der Waals surface area contributed by atoms with E-state index in [-0.39, 0.29) is 11.6 Å². The van der Waals surface area contributed by atoms with Crippen molar-refractivity contribution in [3.8, 4) is 5.75 Å². The van der Waals surface area contributed by atoms with Crippen LogP contribution < -0.4 is 10.1 Å². The van der Waals surface area contributed by atoms with Gasteiger partial charge >= 0.3 is 0 Å². The van der Waals surface area contributed by atoms with E-state index >= 15 is 0 Å². The van der Waals surface area contributed by atoms with Crippen LogP contribution in [0.4, 0.5) is 0 Å². The average Bonchev–Trinajstić information content (AvgIpc) is 2.48. The first-order chi connectivity index (χ1) is 9.99. The summed E-state index contributed by atoms with van der Waals surface area (Å²) < 4.78 is 5.60. The summed E-state index contributed by atoms with van der Waals surface area (Å²) in [6.45, 7) is 10.4. The molecule has 1 rings (SSSR count). The summed E-state index contributed by atoms with van der Waals surface area (Å²) >= 11 is 0. The van der Waals surface area contributed by atoms with Crippen molar-refractivity contribution >= 4 is 0 Å². The molecule has 0 radical (unpaired) electrons. The van der Waals surface area contributed by atoms with Gasteiger partial charge in [-0.05, 0) is 59.0 Å². The maximum absolute atomic E-state index is 5.60. The Morgan fingerprint density at radius 2 is 2.00 bits per heavy atom. The number of ether oxygens (including phenoxy) is 1. The summed E-state index contributed by atoms with van der Waals surface area (Å²) in [6.07, 6.45) is 5.90. The fourth-order valence-corrected chi connectivity index (χ4v) is 2.60. The molecule has 1 heterocycles. The zero-order chi connectivity index (χ0) is 15.9. The molecular weight excluding hydrogens is 262 g/mol. The summed E-state index contributed by atoms with van der Waals surface area (Å²) in [5, 5.41) is 3.69. The summed E-state index contributed by atoms with van der Waals surface area (Å²) in [6, 6.07) is 2.34. The molecule has 1 aromatic rings. The number of rotatable bonds is 9. The second-order valence-corrected chi connectivity index (χ2v) is 5.88. The maximum atomic E-state index is 5.60. The van der Waals surface area contributed by atoms with E-state index in [9.17, 15) is 0 Å². The molecule has 2 atom stereocenters. The number of nitrogens with one attached hydrogen (secondary N) is 1. The fourth-order valence-electron chi connectivity index (χ4n) is 2.60. The highest BCUT2D eigenvalue weighted by Crippen LogP contribution is 2.33. The van der Waals surface area contributed by atoms with Crippen molar-refractivity contribution in [1.82, 2.24) is 15.2 Å². The summed E-state index contributed by atoms with van der Waals surface area (Å²) in [7, 11) is 4.29. The molecule has 1 N–H and O–H groups in total. The Bertz CT molecular complexity index is 422. The number of likely N-dealkylation sites (N-methyl/N-ethyl adjacent to an activating group) is 1. The predicted octanol–water partition coefficient (Wildman–Crippen LogP) is 3.25. The minimum Gasteiger partial charge on any atom is -0.492 e. The van der Waals surface area contributed by atoms with Crippen LogP contribution in [0, 0.1) is 0 Å². The highest BCUT2D eigenvalue weighted by molar-refractivity contribution is 5.28. The standard InChI is InChI=1S/C17H31N3O/c1-7-10-19-16(17(4,8-2)20(5)6)14-11-15(21-9-3)13-18-12-14/h11-13,16,19H,7-10H2,1-6H3. The van der Waals surface area contributed by atoms with Gasteiger partial charge in [-0.1, -0.05) is 13.8 Å². The van der Waals surface area contributed by atoms with Gasteiger partial charge in [-0.15, -0.1) is 0 Å². The molecule has 0 amide bonds. The Hall–Kier alpha value is -1.13. The molecule has 0 saturated carbocycles. The number of nitrogens with zero attached hydrogens (tertiary/aromatic N) is 2. The molecule has 0 fully saturated rings. The first-order valence-corrected chi connectivity index (χ1v) is 7.98. The summed E-state index contributed by atoms with van der Waals surface area (Å²) in [4.78, 5) is 6.66. The molecule has 0 spiro atoms. The number of hydrogen-bond donors (Lipinski definition) is 1. The Morgan fingerprint density at radius 1 is 1.29 bits per heavy atom. The predicted molar refractivity (Wildman–Crippen MR) is 88.8 cm³/mol. The molecule has 0 aromatic carbocycles. The normalized spacial score (nSPS) is 15.8. The van der Waals surface area contributed by atoms with Gasteiger partial charge in [0.15, 0.2) is 0 Å². The van der Waals surface area contributed by atoms with E-state index in [0.29, 0.717) is 6.61 Å². The average molecular weight is 293 g/mol. The second kappa shape index (κ2) is 8.35. The van der Waals surface area contributed by atoms with Crippen molar-refractivity contribution in [2.24, 2.45) is 0 Å². The molecule has 4 nitrogen and oxygen atoms in total. The Balaban J connectivity index is 3.14. The van der Waals surface area contributed by atoms with Gasteiger partial charge in [0, 0.05) is 11.7 Å². The van der Waals surface area contributed by atoms with E-state index in [0.717, 1.165) is 25.1 Å². The number of pyridine rings is 1. The third-order valence-corrected chi connectivity index (χ3v) is 4.34. The monoisotopic (exact) mass is 293 g/mol. The topological polar surface area (TPSA) is 37.4 Å². The number of aromatic nitrogens is 1. The van der Waals surface area contributed by atoms with Crippen LogP contribution in [0.25, 0.3) is 0 Å². The molecule has 21 heavy (non-hydrogen) atoms. The van der Waals surface area contributed by atoms with Gasteiger partial charge in [-0.25, -0.2) is 0 Å². The van der Waals surface area contributed by atoms with Crippen molar-refractivity contribution in [2.75, 3.05) is 27.2 Å². The molecule has 0 aliphatic rings. The van der Waals surface area contributed by atoms with Crippen LogP contribution in [0.3, 0.4) is 0 Å². The largest absolute Gasteiger partial charge is 0.492 e. The van der Waals surface area contributed by atoms with Crippen molar-refractivity contribution in [1.29, 1.82) is 0 Å². The van der Waals surface area contributed by atoms with Crippen molar-refractivity contribution in [3.05, 3.63) is 24.0 Å². The van der Waals surface area contributed by atoms with Crippen LogP contribution in [-0.2, 0) is 0 Å². The van der Waals surface area contributed by atoms with Gasteiger partial charge < -0.3 is 15.0 Å². The second-order valence-electron chi connectivity index (χ2n) is 5.88. The van der Waals surface area contributed by atoms with Crippen LogP contribution in [0.5, 0.6) is 5.75 Å². The smallest absolute Gasteiger partial charge is 0.137 e. The molecule has 0 bridgehead atoms. The fraction of sp³-hybridized carbons (Fsp3) is 0.706. The molecule has 2 unspecified atom stereocenters. The lowest BCUT2D eigenvalue weighted by Gasteiger charge is -2.43. The van der Waals surface area contributed by atoms with Gasteiger partial charge in [0.2, 0.25) is 0 Å². The molecule has 0 aliphatic heterocycles. The molecule has 0 aliphatic carbocycles. The first-order valence-electron chi connectivity index (χ1n) is 7.98. The van der Waals surface area contributed by atoms with E-state index in [4.69, 9.17) is 4.74 Å². The highest BCUT2D eigenvalue weighted by atomic mass is 16.5. The van der Waals surface area contributed by atoms with Gasteiger partial charge in [-0.3, -0.25) is 4.98 Å². The Labute approximate surface area is 129 Å². The third-order valence-electron chi connectivity index (χ3n) is 4.34. The quantitative estimate of drug-likeness (QED) is 0.758. The van der Waals surface area contributed by atoms with Crippen LogP contribution in [0.15, 0.2) is 18.5 Å². The van der Waals surface area contributed by atoms with Crippen LogP contribution in [0.2, 0.25) is 0 Å². The Kier molecular flexibility index (Phi) is 7.12. The lowest BCUT2D eigenvalue weighted by Crippen LogP contribution is -2.51. The summed E-state index contributed by atoms with van der Waals surface area (Å²) in [5.74, 6) is 0.843. The SMILES string of the molecule is CCCNC(c1cncc(OCC)c1)C(C)(CC)N(C)C. The van der Waals surface area contributed by atoms with E-state index in [1.54, 1.807) is 6.20 Å². The Morgan fingerprint density at radius 3 is 2.52 bits per heavy atom. The van der Waals surface area contributed by atoms with Gasteiger partial charge in [0.05, 0.1) is 18.8 Å². The van der Waals surface area contributed by atoms with Crippen LogP contribution >= 0.6 is 0 Å². The van der Waals surface area contributed by atoms with Gasteiger partial charge in [0.1, 0.15) is 5.75 Å². The van der Waals surface area contributed by atoms with Crippen molar-refractivity contribution < 1.29 is 4.74 Å². The van der Waals surface area contributed by atoms with Gasteiger partial charge in [0.25, 0.3) is 0 Å². The van der Waals surface area contributed by atoms with Crippen molar-refractivity contribution in [2.45, 2.75) is 52.1 Å². The van der Waals surface area contributed by atoms with Gasteiger partial charge in [-0.2, -0.15) is 0 Å². The summed E-state index contributed by atoms with van der Waals surface area (Å²) in [5.41, 5.74) is 1.22. The zero-order valence-electron chi connectivity index (χ0n) is 14.4. The first kappa shape index (κ1) is 17.9. The highest BCUT2D eigenvalue weighted by Gasteiger charge is 2.35. The molecule has 1 aromatic heterocycles. The molecule has 120 valence electrons. The van der Waals surface area contributed by atoms with E-state index < -0.39 is 0 Å². The van der Waals surface area contributed by atoms with Crippen molar-refractivity contribution in [3.63, 3.8) is 0 Å². The molecular formula is C17H31N3O. The third kappa shape index (κ3) is 4.42. The van der Waals surface area contributed by atoms with Crippen LogP contribution in [0.1, 0.15) is 52.1 Å². The minimum absolute atomic E-state index is 0.0295. The lowest BCUT2D eigenvalue weighted by atomic mass is 9.84. The molecule has 4 heteroatoms. The number of hydrogen-bond acceptors (Lipinski definition) is 4. The van der Waals surface area contributed by atoms with E-state index in [2.05, 4.69) is 56.1 Å². The van der Waals surface area contributed by atoms with E-state index in [1.165, 1.54) is 5.56 Å². The van der Waals surface area contributed by atoms with Crippen LogP contribution in [-0.4, -0.2) is 42.7 Å². The maximum Gasteiger partial charge on any atom is 0.137 e. The lowest BCUT2D eigenvalue weighted by molar-refractivity contribution is 0.112. The van der Waals surface area contributed by atoms with E-state index in [1.807, 2.05) is 13.1 Å². The molecule has 0 saturated heterocycles. The minimum atomic E-state index is 0.0295. The zero-order valence-corrected chi connectivity index (χ0v) is 14.4.